The zero-order valence-corrected chi connectivity index (χ0v) is 20.0. The predicted octanol–water partition coefficient (Wildman–Crippen LogP) is 2.34. The van der Waals surface area contributed by atoms with Crippen LogP contribution >= 0.6 is 11.6 Å². The Hall–Kier alpha value is -2.16. The van der Waals surface area contributed by atoms with E-state index >= 15 is 0 Å². The van der Waals surface area contributed by atoms with Crippen LogP contribution in [0.15, 0.2) is 24.3 Å². The molecule has 3 saturated heterocycles. The lowest BCUT2D eigenvalue weighted by Gasteiger charge is -2.36. The van der Waals surface area contributed by atoms with Crippen LogP contribution in [0.1, 0.15) is 46.5 Å². The van der Waals surface area contributed by atoms with Crippen molar-refractivity contribution < 1.29 is 24.2 Å². The molecule has 3 aliphatic heterocycles. The Labute approximate surface area is 199 Å². The van der Waals surface area contributed by atoms with Crippen LogP contribution in [0.5, 0.6) is 0 Å². The van der Waals surface area contributed by atoms with Gasteiger partial charge in [-0.15, -0.1) is 0 Å². The Morgan fingerprint density at radius 2 is 1.94 bits per heavy atom. The van der Waals surface area contributed by atoms with Gasteiger partial charge in [-0.1, -0.05) is 25.4 Å². The highest BCUT2D eigenvalue weighted by Gasteiger charge is 2.78. The number of nitrogens with zero attached hydrogens (tertiary/aromatic N) is 1. The van der Waals surface area contributed by atoms with Gasteiger partial charge in [-0.2, -0.15) is 0 Å². The number of rotatable bonds is 8. The number of carbonyl (C=O) groups excluding carboxylic acids is 3. The summed E-state index contributed by atoms with van der Waals surface area (Å²) in [4.78, 5) is 42.1. The number of ether oxygens (including phenoxy) is 1. The normalized spacial score (nSPS) is 33.2. The van der Waals surface area contributed by atoms with Gasteiger partial charge < -0.3 is 25.4 Å². The van der Waals surface area contributed by atoms with E-state index in [2.05, 4.69) is 10.6 Å². The molecule has 33 heavy (non-hydrogen) atoms. The van der Waals surface area contributed by atoms with Crippen molar-refractivity contribution >= 4 is 35.0 Å². The highest BCUT2D eigenvalue weighted by molar-refractivity contribution is 6.30. The monoisotopic (exact) mass is 477 g/mol. The minimum Gasteiger partial charge on any atom is -0.394 e. The zero-order chi connectivity index (χ0) is 24.0. The van der Waals surface area contributed by atoms with Crippen LogP contribution in [-0.4, -0.2) is 64.2 Å². The number of amides is 3. The smallest absolute Gasteiger partial charge is 0.250 e. The quantitative estimate of drug-likeness (QED) is 0.532. The van der Waals surface area contributed by atoms with E-state index in [1.165, 1.54) is 4.90 Å². The SMILES string of the molecule is CCCNC(=O)[C@H]1[C@H]2C(=O)N([C@@H](CC)CO)C(C(=O)Nc3ccc(Cl)cc3)C23CC[C@]1(C)O3. The van der Waals surface area contributed by atoms with Gasteiger partial charge in [-0.3, -0.25) is 14.4 Å². The van der Waals surface area contributed by atoms with Crippen LogP contribution in [-0.2, 0) is 19.1 Å². The molecule has 4 rings (SSSR count). The molecule has 8 nitrogen and oxygen atoms in total. The van der Waals surface area contributed by atoms with E-state index in [0.29, 0.717) is 36.5 Å². The van der Waals surface area contributed by atoms with Crippen LogP contribution in [0.2, 0.25) is 5.02 Å². The fourth-order valence-corrected chi connectivity index (χ4v) is 6.10. The molecule has 6 atom stereocenters. The topological polar surface area (TPSA) is 108 Å². The molecule has 0 aromatic heterocycles. The van der Waals surface area contributed by atoms with Crippen LogP contribution < -0.4 is 10.6 Å². The second-order valence-electron chi connectivity index (χ2n) is 9.50. The standard InChI is InChI=1S/C24H32ClN3O5/c1-4-12-26-20(30)17-18-22(32)28(16(5-2)13-29)19(24(18)11-10-23(17,3)33-24)21(31)27-15-8-6-14(25)7-9-15/h6-9,16-19,29H,4-5,10-13H2,1-3H3,(H,26,30)(H,27,31)/t16-,17+,18-,19?,23-,24?/m0/s1. The highest BCUT2D eigenvalue weighted by Crippen LogP contribution is 2.63. The molecule has 3 amide bonds. The molecule has 1 spiro atoms. The lowest BCUT2D eigenvalue weighted by Crippen LogP contribution is -2.56. The molecule has 3 aliphatic rings. The average Bonchev–Trinajstić information content (AvgIpc) is 3.36. The lowest BCUT2D eigenvalue weighted by molar-refractivity contribution is -0.148. The van der Waals surface area contributed by atoms with Crippen molar-refractivity contribution in [1.29, 1.82) is 0 Å². The summed E-state index contributed by atoms with van der Waals surface area (Å²) in [5.41, 5.74) is -1.38. The molecule has 1 aromatic rings. The van der Waals surface area contributed by atoms with E-state index in [-0.39, 0.29) is 24.3 Å². The Morgan fingerprint density at radius 1 is 1.24 bits per heavy atom. The number of aliphatic hydroxyl groups excluding tert-OH is 1. The van der Waals surface area contributed by atoms with Gasteiger partial charge in [0.1, 0.15) is 11.6 Å². The largest absolute Gasteiger partial charge is 0.394 e. The average molecular weight is 478 g/mol. The number of likely N-dealkylation sites (tertiary alicyclic amines) is 1. The summed E-state index contributed by atoms with van der Waals surface area (Å²) in [6.45, 7) is 5.93. The van der Waals surface area contributed by atoms with E-state index in [4.69, 9.17) is 16.3 Å². The van der Waals surface area contributed by atoms with Gasteiger partial charge in [0, 0.05) is 17.3 Å². The molecule has 9 heteroatoms. The third-order valence-corrected chi connectivity index (χ3v) is 7.73. The first kappa shape index (κ1) is 24.0. The van der Waals surface area contributed by atoms with Crippen molar-refractivity contribution in [2.45, 2.75) is 69.7 Å². The molecule has 2 unspecified atom stereocenters. The first-order valence-corrected chi connectivity index (χ1v) is 12.1. The third-order valence-electron chi connectivity index (χ3n) is 7.48. The van der Waals surface area contributed by atoms with Gasteiger partial charge in [0.15, 0.2) is 0 Å². The number of nitrogens with one attached hydrogen (secondary N) is 2. The summed E-state index contributed by atoms with van der Waals surface area (Å²) in [7, 11) is 0. The van der Waals surface area contributed by atoms with Crippen molar-refractivity contribution in [2.75, 3.05) is 18.5 Å². The highest BCUT2D eigenvalue weighted by atomic mass is 35.5. The van der Waals surface area contributed by atoms with E-state index in [1.54, 1.807) is 24.3 Å². The van der Waals surface area contributed by atoms with E-state index < -0.39 is 35.1 Å². The van der Waals surface area contributed by atoms with Gasteiger partial charge in [0.2, 0.25) is 17.7 Å². The number of hydrogen-bond acceptors (Lipinski definition) is 5. The van der Waals surface area contributed by atoms with E-state index in [1.807, 2.05) is 20.8 Å². The molecule has 1 aromatic carbocycles. The van der Waals surface area contributed by atoms with Crippen LogP contribution in [0.25, 0.3) is 0 Å². The van der Waals surface area contributed by atoms with Crippen LogP contribution in [0, 0.1) is 11.8 Å². The molecule has 2 bridgehead atoms. The van der Waals surface area contributed by atoms with Crippen LogP contribution in [0.3, 0.4) is 0 Å². The third kappa shape index (κ3) is 3.72. The Kier molecular flexibility index (Phi) is 6.46. The molecule has 0 aliphatic carbocycles. The number of fused-ring (bicyclic) bond motifs is 1. The Bertz CT molecular complexity index is 937. The molecule has 0 radical (unpaired) electrons. The molecule has 0 saturated carbocycles. The summed E-state index contributed by atoms with van der Waals surface area (Å²) >= 11 is 5.97. The second-order valence-corrected chi connectivity index (χ2v) is 9.94. The molecule has 3 N–H and O–H groups in total. The predicted molar refractivity (Wildman–Crippen MR) is 124 cm³/mol. The molecule has 3 heterocycles. The number of halogens is 1. The maximum absolute atomic E-state index is 13.8. The number of benzene rings is 1. The zero-order valence-electron chi connectivity index (χ0n) is 19.3. The van der Waals surface area contributed by atoms with Gasteiger partial charge >= 0.3 is 0 Å². The first-order chi connectivity index (χ1) is 15.7. The minimum absolute atomic E-state index is 0.213. The summed E-state index contributed by atoms with van der Waals surface area (Å²) in [6, 6.07) is 5.22. The van der Waals surface area contributed by atoms with Crippen molar-refractivity contribution in [2.24, 2.45) is 11.8 Å². The van der Waals surface area contributed by atoms with Crippen molar-refractivity contribution in [1.82, 2.24) is 10.2 Å². The van der Waals surface area contributed by atoms with Gasteiger partial charge in [-0.25, -0.2) is 0 Å². The fourth-order valence-electron chi connectivity index (χ4n) is 5.97. The molecule has 3 fully saturated rings. The summed E-state index contributed by atoms with van der Waals surface area (Å²) in [5.74, 6) is -2.35. The van der Waals surface area contributed by atoms with E-state index in [0.717, 1.165) is 6.42 Å². The molecule has 180 valence electrons. The summed E-state index contributed by atoms with van der Waals surface area (Å²) < 4.78 is 6.53. The van der Waals surface area contributed by atoms with Crippen molar-refractivity contribution in [3.8, 4) is 0 Å². The second kappa shape index (κ2) is 8.89. The summed E-state index contributed by atoms with van der Waals surface area (Å²) in [6.07, 6.45) is 2.32. The maximum atomic E-state index is 13.8. The Balaban J connectivity index is 1.74. The van der Waals surface area contributed by atoms with E-state index in [9.17, 15) is 19.5 Å². The van der Waals surface area contributed by atoms with Gasteiger partial charge in [-0.05, 0) is 56.9 Å². The first-order valence-electron chi connectivity index (χ1n) is 11.7. The molecular formula is C24H32ClN3O5. The van der Waals surface area contributed by atoms with Gasteiger partial charge in [0.05, 0.1) is 30.1 Å². The van der Waals surface area contributed by atoms with Gasteiger partial charge in [0.25, 0.3) is 0 Å². The maximum Gasteiger partial charge on any atom is 0.250 e. The number of anilines is 1. The number of carbonyl (C=O) groups is 3. The number of hydrogen-bond donors (Lipinski definition) is 3. The molecular weight excluding hydrogens is 446 g/mol. The fraction of sp³-hybridized carbons (Fsp3) is 0.625. The Morgan fingerprint density at radius 3 is 2.55 bits per heavy atom. The van der Waals surface area contributed by atoms with Crippen LogP contribution in [0.4, 0.5) is 5.69 Å². The number of aliphatic hydroxyl groups is 1. The van der Waals surface area contributed by atoms with Crippen molar-refractivity contribution in [3.63, 3.8) is 0 Å². The minimum atomic E-state index is -1.11. The lowest BCUT2D eigenvalue weighted by atomic mass is 9.66. The van der Waals surface area contributed by atoms with Crippen molar-refractivity contribution in [3.05, 3.63) is 29.3 Å². The summed E-state index contributed by atoms with van der Waals surface area (Å²) in [5, 5.41) is 16.4.